The standard InChI is InChI=1S/C16H12ClNO/c1-10-15(12-7-3-5-9-14(12)18-10)16(19)11-6-2-4-8-13(11)17/h2-9,18H,1H3. The molecule has 0 bridgehead atoms. The Morgan fingerprint density at radius 2 is 1.74 bits per heavy atom. The van der Waals surface area contributed by atoms with Crippen LogP contribution in [0.15, 0.2) is 48.5 Å². The van der Waals surface area contributed by atoms with E-state index in [-0.39, 0.29) is 5.78 Å². The summed E-state index contributed by atoms with van der Waals surface area (Å²) in [6, 6.07) is 14.9. The molecule has 0 aliphatic rings. The second kappa shape index (κ2) is 4.56. The van der Waals surface area contributed by atoms with Crippen molar-refractivity contribution in [3.8, 4) is 0 Å². The van der Waals surface area contributed by atoms with Crippen LogP contribution in [0.25, 0.3) is 10.9 Å². The first-order chi connectivity index (χ1) is 9.18. The first kappa shape index (κ1) is 12.0. The Bertz CT molecular complexity index is 773. The van der Waals surface area contributed by atoms with Gasteiger partial charge in [0.25, 0.3) is 0 Å². The first-order valence-electron chi connectivity index (χ1n) is 6.05. The van der Waals surface area contributed by atoms with E-state index >= 15 is 0 Å². The minimum absolute atomic E-state index is 0.0412. The fourth-order valence-corrected chi connectivity index (χ4v) is 2.57. The molecule has 0 unspecified atom stereocenters. The molecule has 0 radical (unpaired) electrons. The Kier molecular flexibility index (Phi) is 2.88. The van der Waals surface area contributed by atoms with E-state index in [1.165, 1.54) is 0 Å². The highest BCUT2D eigenvalue weighted by Crippen LogP contribution is 2.27. The molecule has 0 saturated carbocycles. The van der Waals surface area contributed by atoms with Crippen molar-refractivity contribution in [2.75, 3.05) is 0 Å². The highest BCUT2D eigenvalue weighted by atomic mass is 35.5. The van der Waals surface area contributed by atoms with E-state index < -0.39 is 0 Å². The quantitative estimate of drug-likeness (QED) is 0.689. The van der Waals surface area contributed by atoms with Crippen LogP contribution in [0.3, 0.4) is 0 Å². The second-order valence-corrected chi connectivity index (χ2v) is 4.89. The lowest BCUT2D eigenvalue weighted by molar-refractivity contribution is 0.104. The number of hydrogen-bond donors (Lipinski definition) is 1. The highest BCUT2D eigenvalue weighted by Gasteiger charge is 2.19. The van der Waals surface area contributed by atoms with Crippen LogP contribution in [0.5, 0.6) is 0 Å². The number of aromatic amines is 1. The van der Waals surface area contributed by atoms with Crippen LogP contribution >= 0.6 is 11.6 Å². The number of hydrogen-bond acceptors (Lipinski definition) is 1. The largest absolute Gasteiger partial charge is 0.358 e. The number of halogens is 1. The van der Waals surface area contributed by atoms with Gasteiger partial charge in [0.15, 0.2) is 5.78 Å². The lowest BCUT2D eigenvalue weighted by Crippen LogP contribution is -2.03. The summed E-state index contributed by atoms with van der Waals surface area (Å²) >= 11 is 6.11. The van der Waals surface area contributed by atoms with Gasteiger partial charge in [-0.2, -0.15) is 0 Å². The summed E-state index contributed by atoms with van der Waals surface area (Å²) in [5.41, 5.74) is 3.07. The number of aryl methyl sites for hydroxylation is 1. The third-order valence-electron chi connectivity index (χ3n) is 3.24. The molecule has 1 heterocycles. The molecule has 2 aromatic carbocycles. The average molecular weight is 270 g/mol. The SMILES string of the molecule is Cc1[nH]c2ccccc2c1C(=O)c1ccccc1Cl. The van der Waals surface area contributed by atoms with Crippen LogP contribution < -0.4 is 0 Å². The fraction of sp³-hybridized carbons (Fsp3) is 0.0625. The van der Waals surface area contributed by atoms with E-state index in [2.05, 4.69) is 4.98 Å². The highest BCUT2D eigenvalue weighted by molar-refractivity contribution is 6.35. The number of carbonyl (C=O) groups is 1. The number of rotatable bonds is 2. The van der Waals surface area contributed by atoms with E-state index in [0.717, 1.165) is 16.6 Å². The predicted octanol–water partition coefficient (Wildman–Crippen LogP) is 4.36. The van der Waals surface area contributed by atoms with E-state index in [9.17, 15) is 4.79 Å². The minimum atomic E-state index is -0.0412. The van der Waals surface area contributed by atoms with Crippen LogP contribution in [0.2, 0.25) is 5.02 Å². The molecule has 2 nitrogen and oxygen atoms in total. The molecule has 0 atom stereocenters. The zero-order chi connectivity index (χ0) is 13.4. The Morgan fingerprint density at radius 1 is 1.05 bits per heavy atom. The van der Waals surface area contributed by atoms with Crippen LogP contribution in [0, 0.1) is 6.92 Å². The van der Waals surface area contributed by atoms with Crippen molar-refractivity contribution in [2.45, 2.75) is 6.92 Å². The smallest absolute Gasteiger partial charge is 0.196 e. The van der Waals surface area contributed by atoms with Crippen molar-refractivity contribution in [3.05, 3.63) is 70.4 Å². The molecule has 19 heavy (non-hydrogen) atoms. The number of nitrogens with one attached hydrogen (secondary N) is 1. The summed E-state index contributed by atoms with van der Waals surface area (Å²) in [6.45, 7) is 1.91. The maximum atomic E-state index is 12.7. The Labute approximate surface area is 116 Å². The number of ketones is 1. The minimum Gasteiger partial charge on any atom is -0.358 e. The topological polar surface area (TPSA) is 32.9 Å². The number of para-hydroxylation sites is 1. The summed E-state index contributed by atoms with van der Waals surface area (Å²) in [5, 5.41) is 1.42. The van der Waals surface area contributed by atoms with Crippen molar-refractivity contribution < 1.29 is 4.79 Å². The molecule has 1 aromatic heterocycles. The maximum Gasteiger partial charge on any atom is 0.196 e. The molecule has 3 rings (SSSR count). The van der Waals surface area contributed by atoms with Crippen LogP contribution in [-0.2, 0) is 0 Å². The normalized spacial score (nSPS) is 10.8. The van der Waals surface area contributed by atoms with Gasteiger partial charge in [-0.1, -0.05) is 41.9 Å². The van der Waals surface area contributed by atoms with Gasteiger partial charge in [-0.05, 0) is 25.1 Å². The third-order valence-corrected chi connectivity index (χ3v) is 3.57. The number of fused-ring (bicyclic) bond motifs is 1. The van der Waals surface area contributed by atoms with E-state index in [1.54, 1.807) is 12.1 Å². The summed E-state index contributed by atoms with van der Waals surface area (Å²) in [6.07, 6.45) is 0. The molecule has 0 aliphatic carbocycles. The van der Waals surface area contributed by atoms with Gasteiger partial charge < -0.3 is 4.98 Å². The summed E-state index contributed by atoms with van der Waals surface area (Å²) in [4.78, 5) is 15.9. The van der Waals surface area contributed by atoms with Crippen LogP contribution in [0.4, 0.5) is 0 Å². The van der Waals surface area contributed by atoms with E-state index in [0.29, 0.717) is 16.1 Å². The summed E-state index contributed by atoms with van der Waals surface area (Å²) in [7, 11) is 0. The molecule has 0 fully saturated rings. The van der Waals surface area contributed by atoms with Crippen molar-refractivity contribution in [3.63, 3.8) is 0 Å². The molecule has 94 valence electrons. The van der Waals surface area contributed by atoms with Crippen molar-refractivity contribution in [1.82, 2.24) is 4.98 Å². The van der Waals surface area contributed by atoms with Gasteiger partial charge in [0.1, 0.15) is 0 Å². The number of benzene rings is 2. The van der Waals surface area contributed by atoms with Gasteiger partial charge in [-0.15, -0.1) is 0 Å². The Hall–Kier alpha value is -2.06. The first-order valence-corrected chi connectivity index (χ1v) is 6.43. The monoisotopic (exact) mass is 269 g/mol. The summed E-state index contributed by atoms with van der Waals surface area (Å²) in [5.74, 6) is -0.0412. The van der Waals surface area contributed by atoms with E-state index in [1.807, 2.05) is 43.3 Å². The predicted molar refractivity (Wildman–Crippen MR) is 77.9 cm³/mol. The number of H-pyrrole nitrogens is 1. The van der Waals surface area contributed by atoms with E-state index in [4.69, 9.17) is 11.6 Å². The molecule has 3 heteroatoms. The van der Waals surface area contributed by atoms with Crippen LogP contribution in [-0.4, -0.2) is 10.8 Å². The molecule has 0 aliphatic heterocycles. The van der Waals surface area contributed by atoms with Gasteiger partial charge in [0, 0.05) is 22.2 Å². The molecule has 3 aromatic rings. The van der Waals surface area contributed by atoms with Crippen molar-refractivity contribution >= 4 is 28.3 Å². The zero-order valence-corrected chi connectivity index (χ0v) is 11.2. The molecule has 0 spiro atoms. The number of aromatic nitrogens is 1. The van der Waals surface area contributed by atoms with Gasteiger partial charge >= 0.3 is 0 Å². The van der Waals surface area contributed by atoms with Gasteiger partial charge in [0.05, 0.1) is 10.6 Å². The van der Waals surface area contributed by atoms with Crippen molar-refractivity contribution in [1.29, 1.82) is 0 Å². The maximum absolute atomic E-state index is 12.7. The van der Waals surface area contributed by atoms with Gasteiger partial charge in [-0.3, -0.25) is 4.79 Å². The molecule has 1 N–H and O–H groups in total. The Balaban J connectivity index is 2.23. The van der Waals surface area contributed by atoms with Crippen molar-refractivity contribution in [2.24, 2.45) is 0 Å². The third kappa shape index (κ3) is 1.94. The number of carbonyl (C=O) groups excluding carboxylic acids is 1. The lowest BCUT2D eigenvalue weighted by Gasteiger charge is -2.03. The van der Waals surface area contributed by atoms with Gasteiger partial charge in [-0.25, -0.2) is 0 Å². The second-order valence-electron chi connectivity index (χ2n) is 4.48. The zero-order valence-electron chi connectivity index (χ0n) is 10.4. The van der Waals surface area contributed by atoms with Crippen LogP contribution in [0.1, 0.15) is 21.6 Å². The molecular weight excluding hydrogens is 258 g/mol. The average Bonchev–Trinajstić information content (AvgIpc) is 2.74. The molecule has 0 amide bonds. The molecule has 0 saturated heterocycles. The Morgan fingerprint density at radius 3 is 2.53 bits per heavy atom. The summed E-state index contributed by atoms with van der Waals surface area (Å²) < 4.78 is 0. The van der Waals surface area contributed by atoms with Gasteiger partial charge in [0.2, 0.25) is 0 Å². The lowest BCUT2D eigenvalue weighted by atomic mass is 10.0. The fourth-order valence-electron chi connectivity index (χ4n) is 2.35. The molecular formula is C16H12ClNO.